The second-order valence-corrected chi connectivity index (χ2v) is 6.07. The summed E-state index contributed by atoms with van der Waals surface area (Å²) in [5.41, 5.74) is 10.1. The van der Waals surface area contributed by atoms with Crippen LogP contribution in [-0.4, -0.2) is 0 Å². The lowest BCUT2D eigenvalue weighted by Gasteiger charge is -2.15. The molecule has 0 saturated heterocycles. The standard InChI is InChI=1S/C16H26BrN/c1-4-5-6-7-8-9-15(18)14-10-12(2)16(17)13(3)11-14/h10-11,15H,4-9,18H2,1-3H3. The molecule has 0 aliphatic heterocycles. The van der Waals surface area contributed by atoms with E-state index in [9.17, 15) is 0 Å². The molecule has 0 aromatic heterocycles. The predicted octanol–water partition coefficient (Wildman–Crippen LogP) is 5.43. The first-order chi connectivity index (χ1) is 8.56. The largest absolute Gasteiger partial charge is 0.324 e. The Labute approximate surface area is 120 Å². The molecule has 1 atom stereocenters. The van der Waals surface area contributed by atoms with E-state index in [4.69, 9.17) is 5.73 Å². The Morgan fingerprint density at radius 2 is 1.61 bits per heavy atom. The van der Waals surface area contributed by atoms with Gasteiger partial charge in [-0.2, -0.15) is 0 Å². The second kappa shape index (κ2) is 7.96. The van der Waals surface area contributed by atoms with Crippen molar-refractivity contribution in [3.63, 3.8) is 0 Å². The third-order valence-corrected chi connectivity index (χ3v) is 4.76. The summed E-state index contributed by atoms with van der Waals surface area (Å²) in [6, 6.07) is 4.62. The molecule has 0 radical (unpaired) electrons. The fraction of sp³-hybridized carbons (Fsp3) is 0.625. The van der Waals surface area contributed by atoms with Gasteiger partial charge in [-0.3, -0.25) is 0 Å². The molecule has 1 unspecified atom stereocenters. The fourth-order valence-corrected chi connectivity index (χ4v) is 2.56. The molecule has 0 aliphatic rings. The highest BCUT2D eigenvalue weighted by molar-refractivity contribution is 9.10. The van der Waals surface area contributed by atoms with Gasteiger partial charge in [0.2, 0.25) is 0 Å². The molecule has 2 N–H and O–H groups in total. The molecular formula is C16H26BrN. The van der Waals surface area contributed by atoms with Crippen molar-refractivity contribution in [2.24, 2.45) is 5.73 Å². The predicted molar refractivity (Wildman–Crippen MR) is 83.9 cm³/mol. The van der Waals surface area contributed by atoms with Crippen molar-refractivity contribution in [3.8, 4) is 0 Å². The number of hydrogen-bond acceptors (Lipinski definition) is 1. The Kier molecular flexibility index (Phi) is 6.95. The summed E-state index contributed by atoms with van der Waals surface area (Å²) in [7, 11) is 0. The molecule has 1 nitrogen and oxygen atoms in total. The maximum atomic E-state index is 6.28. The highest BCUT2D eigenvalue weighted by atomic mass is 79.9. The van der Waals surface area contributed by atoms with Gasteiger partial charge in [0.1, 0.15) is 0 Å². The minimum atomic E-state index is 0.192. The second-order valence-electron chi connectivity index (χ2n) is 5.28. The number of hydrogen-bond donors (Lipinski definition) is 1. The molecule has 18 heavy (non-hydrogen) atoms. The quantitative estimate of drug-likeness (QED) is 0.668. The van der Waals surface area contributed by atoms with Crippen LogP contribution in [-0.2, 0) is 0 Å². The van der Waals surface area contributed by atoms with Crippen molar-refractivity contribution < 1.29 is 0 Å². The van der Waals surface area contributed by atoms with Crippen LogP contribution in [0, 0.1) is 13.8 Å². The summed E-state index contributed by atoms with van der Waals surface area (Å²) in [5, 5.41) is 0. The first kappa shape index (κ1) is 15.7. The van der Waals surface area contributed by atoms with E-state index in [1.54, 1.807) is 0 Å². The Morgan fingerprint density at radius 1 is 1.06 bits per heavy atom. The lowest BCUT2D eigenvalue weighted by atomic mass is 9.97. The number of unbranched alkanes of at least 4 members (excludes halogenated alkanes) is 4. The number of halogens is 1. The van der Waals surface area contributed by atoms with E-state index in [2.05, 4.69) is 48.8 Å². The average molecular weight is 312 g/mol. The van der Waals surface area contributed by atoms with Crippen molar-refractivity contribution in [2.45, 2.75) is 65.3 Å². The van der Waals surface area contributed by atoms with Gasteiger partial charge in [-0.05, 0) is 37.0 Å². The Morgan fingerprint density at radius 3 is 2.17 bits per heavy atom. The summed E-state index contributed by atoms with van der Waals surface area (Å²) in [6.45, 7) is 6.52. The molecule has 0 amide bonds. The molecule has 2 heteroatoms. The summed E-state index contributed by atoms with van der Waals surface area (Å²) >= 11 is 3.60. The van der Waals surface area contributed by atoms with Gasteiger partial charge in [0.25, 0.3) is 0 Å². The topological polar surface area (TPSA) is 26.0 Å². The van der Waals surface area contributed by atoms with Crippen molar-refractivity contribution in [1.82, 2.24) is 0 Å². The highest BCUT2D eigenvalue weighted by Crippen LogP contribution is 2.26. The molecule has 1 rings (SSSR count). The van der Waals surface area contributed by atoms with Gasteiger partial charge >= 0.3 is 0 Å². The monoisotopic (exact) mass is 311 g/mol. The summed E-state index contributed by atoms with van der Waals surface area (Å²) in [5.74, 6) is 0. The van der Waals surface area contributed by atoms with Crippen molar-refractivity contribution in [1.29, 1.82) is 0 Å². The van der Waals surface area contributed by atoms with Crippen LogP contribution < -0.4 is 5.73 Å². The minimum Gasteiger partial charge on any atom is -0.324 e. The van der Waals surface area contributed by atoms with Crippen LogP contribution in [0.4, 0.5) is 0 Å². The number of nitrogens with two attached hydrogens (primary N) is 1. The van der Waals surface area contributed by atoms with E-state index in [0.717, 1.165) is 6.42 Å². The summed E-state index contributed by atoms with van der Waals surface area (Å²) in [6.07, 6.45) is 7.67. The van der Waals surface area contributed by atoms with Gasteiger partial charge < -0.3 is 5.73 Å². The smallest absolute Gasteiger partial charge is 0.0295 e. The van der Waals surface area contributed by atoms with E-state index in [1.807, 2.05) is 0 Å². The van der Waals surface area contributed by atoms with Crippen LogP contribution in [0.15, 0.2) is 16.6 Å². The first-order valence-electron chi connectivity index (χ1n) is 7.08. The summed E-state index contributed by atoms with van der Waals surface area (Å²) < 4.78 is 1.21. The van der Waals surface area contributed by atoms with Crippen molar-refractivity contribution in [3.05, 3.63) is 33.3 Å². The van der Waals surface area contributed by atoms with Gasteiger partial charge in [0.15, 0.2) is 0 Å². The van der Waals surface area contributed by atoms with Gasteiger partial charge in [0, 0.05) is 10.5 Å². The third-order valence-electron chi connectivity index (χ3n) is 3.51. The van der Waals surface area contributed by atoms with E-state index in [1.165, 1.54) is 53.3 Å². The third kappa shape index (κ3) is 4.74. The maximum Gasteiger partial charge on any atom is 0.0295 e. The molecule has 1 aromatic rings. The van der Waals surface area contributed by atoms with E-state index in [0.29, 0.717) is 0 Å². The van der Waals surface area contributed by atoms with Gasteiger partial charge in [-0.1, -0.05) is 67.1 Å². The van der Waals surface area contributed by atoms with E-state index in [-0.39, 0.29) is 6.04 Å². The molecule has 0 spiro atoms. The maximum absolute atomic E-state index is 6.28. The molecule has 0 aliphatic carbocycles. The van der Waals surface area contributed by atoms with E-state index < -0.39 is 0 Å². The molecule has 0 fully saturated rings. The van der Waals surface area contributed by atoms with Gasteiger partial charge in [-0.15, -0.1) is 0 Å². The first-order valence-corrected chi connectivity index (χ1v) is 7.87. The van der Waals surface area contributed by atoms with Crippen molar-refractivity contribution >= 4 is 15.9 Å². The lowest BCUT2D eigenvalue weighted by Crippen LogP contribution is -2.10. The van der Waals surface area contributed by atoms with Crippen molar-refractivity contribution in [2.75, 3.05) is 0 Å². The minimum absolute atomic E-state index is 0.192. The Hall–Kier alpha value is -0.340. The zero-order chi connectivity index (χ0) is 13.5. The van der Waals surface area contributed by atoms with Crippen LogP contribution in [0.25, 0.3) is 0 Å². The molecule has 0 saturated carbocycles. The van der Waals surface area contributed by atoms with Crippen LogP contribution in [0.5, 0.6) is 0 Å². The lowest BCUT2D eigenvalue weighted by molar-refractivity contribution is 0.555. The molecule has 102 valence electrons. The normalized spacial score (nSPS) is 12.7. The van der Waals surface area contributed by atoms with Crippen LogP contribution in [0.1, 0.15) is 68.2 Å². The van der Waals surface area contributed by atoms with E-state index >= 15 is 0 Å². The molecule has 0 heterocycles. The zero-order valence-electron chi connectivity index (χ0n) is 11.9. The average Bonchev–Trinajstić information content (AvgIpc) is 2.34. The van der Waals surface area contributed by atoms with Crippen LogP contribution in [0.2, 0.25) is 0 Å². The zero-order valence-corrected chi connectivity index (χ0v) is 13.5. The number of rotatable bonds is 7. The highest BCUT2D eigenvalue weighted by Gasteiger charge is 2.09. The SMILES string of the molecule is CCCCCCCC(N)c1cc(C)c(Br)c(C)c1. The van der Waals surface area contributed by atoms with Gasteiger partial charge in [0.05, 0.1) is 0 Å². The van der Waals surface area contributed by atoms with Crippen LogP contribution in [0.3, 0.4) is 0 Å². The Bertz CT molecular complexity index is 350. The number of aryl methyl sites for hydroxylation is 2. The Balaban J connectivity index is 2.49. The molecule has 1 aromatic carbocycles. The molecule has 0 bridgehead atoms. The fourth-order valence-electron chi connectivity index (χ4n) is 2.33. The number of benzene rings is 1. The van der Waals surface area contributed by atoms with Gasteiger partial charge in [-0.25, -0.2) is 0 Å². The van der Waals surface area contributed by atoms with Crippen LogP contribution >= 0.6 is 15.9 Å². The molecular weight excluding hydrogens is 286 g/mol. The summed E-state index contributed by atoms with van der Waals surface area (Å²) in [4.78, 5) is 0.